The van der Waals surface area contributed by atoms with Gasteiger partial charge in [-0.3, -0.25) is 4.79 Å². The molecule has 1 saturated carbocycles. The molecule has 1 aliphatic heterocycles. The molecule has 5 nitrogen and oxygen atoms in total. The number of piperidine rings is 1. The number of carbonyl (C=O) groups excluding carboxylic acids is 2. The van der Waals surface area contributed by atoms with Crippen molar-refractivity contribution in [2.24, 2.45) is 5.41 Å². The van der Waals surface area contributed by atoms with E-state index in [0.29, 0.717) is 32.4 Å². The summed E-state index contributed by atoms with van der Waals surface area (Å²) in [5.74, 6) is 0.156. The maximum atomic E-state index is 12.0. The molecule has 1 saturated heterocycles. The summed E-state index contributed by atoms with van der Waals surface area (Å²) in [6.45, 7) is 6.59. The first-order chi connectivity index (χ1) is 8.72. The van der Waals surface area contributed by atoms with Crippen molar-refractivity contribution >= 4 is 11.9 Å². The number of nitrogens with zero attached hydrogens (tertiary/aromatic N) is 1. The van der Waals surface area contributed by atoms with Gasteiger partial charge < -0.3 is 14.7 Å². The minimum absolute atomic E-state index is 0.156. The lowest BCUT2D eigenvalue weighted by Crippen LogP contribution is -2.46. The van der Waals surface area contributed by atoms with Gasteiger partial charge in [-0.1, -0.05) is 0 Å². The van der Waals surface area contributed by atoms with Crippen LogP contribution >= 0.6 is 0 Å². The van der Waals surface area contributed by atoms with Gasteiger partial charge >= 0.3 is 6.09 Å². The van der Waals surface area contributed by atoms with Crippen LogP contribution in [0, 0.1) is 5.41 Å². The molecule has 2 rings (SSSR count). The molecule has 2 fully saturated rings. The predicted molar refractivity (Wildman–Crippen MR) is 69.7 cm³/mol. The van der Waals surface area contributed by atoms with E-state index in [1.165, 1.54) is 0 Å². The van der Waals surface area contributed by atoms with Crippen LogP contribution in [0.5, 0.6) is 0 Å². The zero-order valence-corrected chi connectivity index (χ0v) is 11.9. The first-order valence-electron chi connectivity index (χ1n) is 6.91. The summed E-state index contributed by atoms with van der Waals surface area (Å²) < 4.78 is 5.33. The van der Waals surface area contributed by atoms with E-state index < -0.39 is 17.1 Å². The molecule has 0 radical (unpaired) electrons. The summed E-state index contributed by atoms with van der Waals surface area (Å²) in [5.41, 5.74) is -0.885. The van der Waals surface area contributed by atoms with Crippen LogP contribution in [0.4, 0.5) is 4.79 Å². The molecule has 0 aromatic carbocycles. The van der Waals surface area contributed by atoms with E-state index in [0.717, 1.165) is 0 Å². The van der Waals surface area contributed by atoms with Gasteiger partial charge in [0, 0.05) is 24.9 Å². The van der Waals surface area contributed by atoms with Crippen molar-refractivity contribution in [2.75, 3.05) is 13.1 Å². The lowest BCUT2D eigenvalue weighted by atomic mass is 9.76. The van der Waals surface area contributed by atoms with Gasteiger partial charge in [0.25, 0.3) is 0 Å². The standard InChI is InChI=1S/C14H23NO4/c1-13(2,3)19-12(18)15-6-4-14(5-7-15)9-10(16)8-11(14)17/h10,16H,4-9H2,1-3H3/t10-/m0/s1. The van der Waals surface area contributed by atoms with Crippen LogP contribution in [0.3, 0.4) is 0 Å². The molecule has 0 unspecified atom stereocenters. The Kier molecular flexibility index (Phi) is 3.60. The summed E-state index contributed by atoms with van der Waals surface area (Å²) >= 11 is 0. The lowest BCUT2D eigenvalue weighted by molar-refractivity contribution is -0.128. The molecule has 1 aliphatic carbocycles. The third kappa shape index (κ3) is 3.08. The molecule has 0 aromatic heterocycles. The summed E-state index contributed by atoms with van der Waals surface area (Å²) in [5, 5.41) is 9.62. The Morgan fingerprint density at radius 3 is 2.37 bits per heavy atom. The normalized spacial score (nSPS) is 26.8. The minimum atomic E-state index is -0.499. The predicted octanol–water partition coefficient (Wildman–Crippen LogP) is 1.73. The van der Waals surface area contributed by atoms with Crippen molar-refractivity contribution in [1.82, 2.24) is 4.90 Å². The second-order valence-corrected chi connectivity index (χ2v) is 6.73. The Labute approximate surface area is 113 Å². The maximum Gasteiger partial charge on any atom is 0.410 e. The molecule has 108 valence electrons. The summed E-state index contributed by atoms with van der Waals surface area (Å²) in [6, 6.07) is 0. The zero-order chi connectivity index (χ0) is 14.3. The van der Waals surface area contributed by atoms with Gasteiger partial charge in [-0.15, -0.1) is 0 Å². The number of likely N-dealkylation sites (tertiary alicyclic amines) is 1. The van der Waals surface area contributed by atoms with Crippen molar-refractivity contribution in [1.29, 1.82) is 0 Å². The lowest BCUT2D eigenvalue weighted by Gasteiger charge is -2.38. The molecule has 1 atom stereocenters. The first kappa shape index (κ1) is 14.3. The molecule has 1 amide bonds. The molecular weight excluding hydrogens is 246 g/mol. The molecular formula is C14H23NO4. The van der Waals surface area contributed by atoms with Gasteiger partial charge in [0.15, 0.2) is 0 Å². The van der Waals surface area contributed by atoms with Crippen molar-refractivity contribution in [2.45, 2.75) is 58.2 Å². The number of ether oxygens (including phenoxy) is 1. The number of ketones is 1. The topological polar surface area (TPSA) is 66.8 Å². The highest BCUT2D eigenvalue weighted by atomic mass is 16.6. The van der Waals surface area contributed by atoms with Gasteiger partial charge in [-0.05, 0) is 40.0 Å². The third-order valence-electron chi connectivity index (χ3n) is 4.01. The quantitative estimate of drug-likeness (QED) is 0.727. The summed E-state index contributed by atoms with van der Waals surface area (Å²) in [6.07, 6.45) is 1.29. The molecule has 1 heterocycles. The minimum Gasteiger partial charge on any atom is -0.444 e. The van der Waals surface area contributed by atoms with Gasteiger partial charge in [-0.2, -0.15) is 0 Å². The zero-order valence-electron chi connectivity index (χ0n) is 11.9. The fraction of sp³-hybridized carbons (Fsp3) is 0.857. The Balaban J connectivity index is 1.93. The van der Waals surface area contributed by atoms with E-state index in [9.17, 15) is 14.7 Å². The number of Topliss-reactive ketones (excluding diaryl/α,β-unsaturated/α-hetero) is 1. The van der Waals surface area contributed by atoms with Gasteiger partial charge in [0.1, 0.15) is 11.4 Å². The van der Waals surface area contributed by atoms with Crippen LogP contribution in [-0.4, -0.2) is 46.7 Å². The van der Waals surface area contributed by atoms with Crippen molar-refractivity contribution in [3.05, 3.63) is 0 Å². The molecule has 5 heteroatoms. The highest BCUT2D eigenvalue weighted by molar-refractivity contribution is 5.88. The average Bonchev–Trinajstić information content (AvgIpc) is 2.52. The summed E-state index contributed by atoms with van der Waals surface area (Å²) in [4.78, 5) is 25.6. The highest BCUT2D eigenvalue weighted by Crippen LogP contribution is 2.43. The Morgan fingerprint density at radius 1 is 1.37 bits per heavy atom. The molecule has 0 aromatic rings. The van der Waals surface area contributed by atoms with E-state index in [4.69, 9.17) is 4.74 Å². The molecule has 1 spiro atoms. The fourth-order valence-electron chi connectivity index (χ4n) is 2.99. The SMILES string of the molecule is CC(C)(C)OC(=O)N1CCC2(CC1)C[C@@H](O)CC2=O. The third-order valence-corrected chi connectivity index (χ3v) is 4.01. The number of carbonyl (C=O) groups is 2. The monoisotopic (exact) mass is 269 g/mol. The Hall–Kier alpha value is -1.10. The highest BCUT2D eigenvalue weighted by Gasteiger charge is 2.48. The molecule has 1 N–H and O–H groups in total. The molecule has 19 heavy (non-hydrogen) atoms. The van der Waals surface area contributed by atoms with Gasteiger partial charge in [-0.25, -0.2) is 4.79 Å². The van der Waals surface area contributed by atoms with Crippen molar-refractivity contribution < 1.29 is 19.4 Å². The average molecular weight is 269 g/mol. The number of hydrogen-bond acceptors (Lipinski definition) is 4. The number of hydrogen-bond donors (Lipinski definition) is 1. The second kappa shape index (κ2) is 4.78. The Bertz CT molecular complexity index is 377. The van der Waals surface area contributed by atoms with Crippen molar-refractivity contribution in [3.8, 4) is 0 Å². The van der Waals surface area contributed by atoms with E-state index in [2.05, 4.69) is 0 Å². The number of aliphatic hydroxyl groups is 1. The van der Waals surface area contributed by atoms with E-state index >= 15 is 0 Å². The van der Waals surface area contributed by atoms with Crippen LogP contribution in [0.2, 0.25) is 0 Å². The van der Waals surface area contributed by atoms with Crippen molar-refractivity contribution in [3.63, 3.8) is 0 Å². The number of amides is 1. The molecule has 0 bridgehead atoms. The largest absolute Gasteiger partial charge is 0.444 e. The smallest absolute Gasteiger partial charge is 0.410 e. The van der Waals surface area contributed by atoms with E-state index in [1.54, 1.807) is 4.90 Å². The van der Waals surface area contributed by atoms with Gasteiger partial charge in [0.05, 0.1) is 6.10 Å². The van der Waals surface area contributed by atoms with Crippen LogP contribution in [0.25, 0.3) is 0 Å². The number of aliphatic hydroxyl groups excluding tert-OH is 1. The second-order valence-electron chi connectivity index (χ2n) is 6.73. The fourth-order valence-corrected chi connectivity index (χ4v) is 2.99. The van der Waals surface area contributed by atoms with Crippen LogP contribution in [0.15, 0.2) is 0 Å². The Morgan fingerprint density at radius 2 is 1.95 bits per heavy atom. The maximum absolute atomic E-state index is 12.0. The van der Waals surface area contributed by atoms with E-state index in [1.807, 2.05) is 20.8 Å². The van der Waals surface area contributed by atoms with Crippen LogP contribution < -0.4 is 0 Å². The summed E-state index contributed by atoms with van der Waals surface area (Å²) in [7, 11) is 0. The van der Waals surface area contributed by atoms with Gasteiger partial charge in [0.2, 0.25) is 0 Å². The first-order valence-corrected chi connectivity index (χ1v) is 6.91. The van der Waals surface area contributed by atoms with Crippen LogP contribution in [-0.2, 0) is 9.53 Å². The van der Waals surface area contributed by atoms with E-state index in [-0.39, 0.29) is 18.3 Å². The number of rotatable bonds is 0. The molecule has 2 aliphatic rings. The van der Waals surface area contributed by atoms with Crippen LogP contribution in [0.1, 0.15) is 46.5 Å².